The van der Waals surface area contributed by atoms with Gasteiger partial charge in [0, 0.05) is 49.0 Å². The molecule has 8 heteroatoms. The summed E-state index contributed by atoms with van der Waals surface area (Å²) in [5.74, 6) is 1.32. The van der Waals surface area contributed by atoms with E-state index in [0.29, 0.717) is 24.7 Å². The number of fused-ring (bicyclic) bond motifs is 1. The van der Waals surface area contributed by atoms with Crippen molar-refractivity contribution in [2.24, 2.45) is 0 Å². The van der Waals surface area contributed by atoms with Crippen LogP contribution in [0.25, 0.3) is 10.9 Å². The summed E-state index contributed by atoms with van der Waals surface area (Å²) in [6.07, 6.45) is 2.10. The molecule has 1 aromatic heterocycles. The van der Waals surface area contributed by atoms with Gasteiger partial charge in [0.1, 0.15) is 6.61 Å². The van der Waals surface area contributed by atoms with E-state index in [4.69, 9.17) is 14.2 Å². The van der Waals surface area contributed by atoms with E-state index in [-0.39, 0.29) is 6.03 Å². The smallest absolute Gasteiger partial charge is 0.319 e. The normalized spacial score (nSPS) is 14.3. The number of para-hydroxylation sites is 2. The fraction of sp³-hybridized carbons (Fsp3) is 0.375. The Morgan fingerprint density at radius 1 is 1.06 bits per heavy atom. The highest BCUT2D eigenvalue weighted by Crippen LogP contribution is 2.25. The molecular formula is C24H30N4O4. The van der Waals surface area contributed by atoms with E-state index in [1.165, 1.54) is 0 Å². The average molecular weight is 439 g/mol. The minimum atomic E-state index is -0.264. The van der Waals surface area contributed by atoms with Gasteiger partial charge in [-0.05, 0) is 36.4 Å². The van der Waals surface area contributed by atoms with E-state index >= 15 is 0 Å². The number of urea groups is 1. The monoisotopic (exact) mass is 438 g/mol. The van der Waals surface area contributed by atoms with E-state index in [1.54, 1.807) is 7.11 Å². The van der Waals surface area contributed by atoms with Gasteiger partial charge in [0.15, 0.2) is 11.5 Å². The minimum Gasteiger partial charge on any atom is -0.493 e. The minimum absolute atomic E-state index is 0.264. The number of carbonyl (C=O) groups is 1. The zero-order chi connectivity index (χ0) is 22.2. The lowest BCUT2D eigenvalue weighted by atomic mass is 10.2. The number of nitrogens with zero attached hydrogens (tertiary/aromatic N) is 2. The molecule has 0 spiro atoms. The largest absolute Gasteiger partial charge is 0.493 e. The molecule has 0 radical (unpaired) electrons. The van der Waals surface area contributed by atoms with Crippen molar-refractivity contribution in [2.75, 3.05) is 58.4 Å². The Morgan fingerprint density at radius 3 is 2.69 bits per heavy atom. The molecule has 2 heterocycles. The Morgan fingerprint density at radius 2 is 1.88 bits per heavy atom. The number of carbonyl (C=O) groups excluding carboxylic acids is 1. The third-order valence-electron chi connectivity index (χ3n) is 5.50. The summed E-state index contributed by atoms with van der Waals surface area (Å²) < 4.78 is 18.6. The Balaban J connectivity index is 1.24. The molecule has 3 aromatic rings. The van der Waals surface area contributed by atoms with Crippen molar-refractivity contribution in [1.82, 2.24) is 14.8 Å². The fourth-order valence-corrected chi connectivity index (χ4v) is 3.79. The van der Waals surface area contributed by atoms with Crippen LogP contribution in [0.3, 0.4) is 0 Å². The highest BCUT2D eigenvalue weighted by atomic mass is 16.5. The predicted octanol–water partition coefficient (Wildman–Crippen LogP) is 3.18. The van der Waals surface area contributed by atoms with Gasteiger partial charge in [-0.1, -0.05) is 12.1 Å². The standard InChI is InChI=1S/C24H30N4O4/c1-30-22-4-2-3-5-23(22)32-15-9-25-24(29)26-20-6-7-21-19(18-20)8-10-28(21)12-11-27-13-16-31-17-14-27/h2-8,10,18H,9,11-17H2,1H3,(H2,25,26,29). The molecule has 4 rings (SSSR count). The van der Waals surface area contributed by atoms with Crippen LogP contribution in [-0.4, -0.2) is 68.6 Å². The van der Waals surface area contributed by atoms with Gasteiger partial charge in [-0.2, -0.15) is 0 Å². The Kier molecular flexibility index (Phi) is 7.47. The van der Waals surface area contributed by atoms with E-state index in [9.17, 15) is 4.79 Å². The second kappa shape index (κ2) is 10.9. The molecule has 32 heavy (non-hydrogen) atoms. The molecule has 0 aliphatic carbocycles. The summed E-state index contributed by atoms with van der Waals surface area (Å²) in [4.78, 5) is 14.7. The number of ether oxygens (including phenoxy) is 3. The predicted molar refractivity (Wildman–Crippen MR) is 125 cm³/mol. The summed E-state index contributed by atoms with van der Waals surface area (Å²) >= 11 is 0. The zero-order valence-corrected chi connectivity index (χ0v) is 18.4. The molecule has 1 aliphatic heterocycles. The molecule has 1 saturated heterocycles. The topological polar surface area (TPSA) is 77.0 Å². The van der Waals surface area contributed by atoms with Crippen LogP contribution < -0.4 is 20.1 Å². The summed E-state index contributed by atoms with van der Waals surface area (Å²) in [7, 11) is 1.60. The number of anilines is 1. The number of nitrogens with one attached hydrogen (secondary N) is 2. The summed E-state index contributed by atoms with van der Waals surface area (Å²) in [5.41, 5.74) is 1.92. The maximum Gasteiger partial charge on any atom is 0.319 e. The van der Waals surface area contributed by atoms with E-state index in [2.05, 4.69) is 38.4 Å². The van der Waals surface area contributed by atoms with Crippen molar-refractivity contribution in [2.45, 2.75) is 6.54 Å². The van der Waals surface area contributed by atoms with Gasteiger partial charge >= 0.3 is 6.03 Å². The second-order valence-corrected chi connectivity index (χ2v) is 7.62. The first-order valence-electron chi connectivity index (χ1n) is 10.9. The van der Waals surface area contributed by atoms with Gasteiger partial charge in [0.05, 0.1) is 26.9 Å². The van der Waals surface area contributed by atoms with Crippen molar-refractivity contribution in [3.8, 4) is 11.5 Å². The molecule has 2 amide bonds. The number of amides is 2. The molecule has 2 N–H and O–H groups in total. The van der Waals surface area contributed by atoms with Gasteiger partial charge in [-0.15, -0.1) is 0 Å². The molecule has 1 aliphatic rings. The number of morpholine rings is 1. The zero-order valence-electron chi connectivity index (χ0n) is 18.4. The first-order chi connectivity index (χ1) is 15.7. The first-order valence-corrected chi connectivity index (χ1v) is 10.9. The van der Waals surface area contributed by atoms with Crippen LogP contribution in [0.15, 0.2) is 54.7 Å². The van der Waals surface area contributed by atoms with Crippen molar-refractivity contribution in [3.05, 3.63) is 54.7 Å². The van der Waals surface area contributed by atoms with Crippen molar-refractivity contribution >= 4 is 22.6 Å². The lowest BCUT2D eigenvalue weighted by Gasteiger charge is -2.26. The Hall–Kier alpha value is -3.23. The summed E-state index contributed by atoms with van der Waals surface area (Å²) in [6, 6.07) is 15.2. The number of methoxy groups -OCH3 is 1. The third-order valence-corrected chi connectivity index (χ3v) is 5.50. The van der Waals surface area contributed by atoms with E-state index < -0.39 is 0 Å². The number of rotatable bonds is 9. The maximum atomic E-state index is 12.2. The molecule has 8 nitrogen and oxygen atoms in total. The number of hydrogen-bond donors (Lipinski definition) is 2. The SMILES string of the molecule is COc1ccccc1OCCNC(=O)Nc1ccc2c(ccn2CCN2CCOCC2)c1. The number of aromatic nitrogens is 1. The van der Waals surface area contributed by atoms with Crippen LogP contribution in [0.5, 0.6) is 11.5 Å². The summed E-state index contributed by atoms with van der Waals surface area (Å²) in [5, 5.41) is 6.80. The molecule has 0 saturated carbocycles. The lowest BCUT2D eigenvalue weighted by Crippen LogP contribution is -2.38. The third kappa shape index (κ3) is 5.72. The highest BCUT2D eigenvalue weighted by Gasteiger charge is 2.11. The highest BCUT2D eigenvalue weighted by molar-refractivity contribution is 5.92. The van der Waals surface area contributed by atoms with Gasteiger partial charge in [0.25, 0.3) is 0 Å². The van der Waals surface area contributed by atoms with Crippen LogP contribution in [0, 0.1) is 0 Å². The molecule has 170 valence electrons. The van der Waals surface area contributed by atoms with Crippen LogP contribution in [0.4, 0.5) is 10.5 Å². The number of hydrogen-bond acceptors (Lipinski definition) is 5. The quantitative estimate of drug-likeness (QED) is 0.502. The summed E-state index contributed by atoms with van der Waals surface area (Å²) in [6.45, 7) is 6.28. The molecule has 2 aromatic carbocycles. The molecular weight excluding hydrogens is 408 g/mol. The molecule has 0 unspecified atom stereocenters. The second-order valence-electron chi connectivity index (χ2n) is 7.62. The van der Waals surface area contributed by atoms with Crippen LogP contribution in [0.2, 0.25) is 0 Å². The first kappa shape index (κ1) is 22.0. The Bertz CT molecular complexity index is 1030. The van der Waals surface area contributed by atoms with Gasteiger partial charge in [0.2, 0.25) is 0 Å². The van der Waals surface area contributed by atoms with E-state index in [0.717, 1.165) is 56.0 Å². The van der Waals surface area contributed by atoms with E-state index in [1.807, 2.05) is 36.4 Å². The Labute approximate surface area is 188 Å². The van der Waals surface area contributed by atoms with Crippen LogP contribution in [-0.2, 0) is 11.3 Å². The van der Waals surface area contributed by atoms with Gasteiger partial charge in [-0.3, -0.25) is 4.90 Å². The average Bonchev–Trinajstić information content (AvgIpc) is 3.23. The van der Waals surface area contributed by atoms with Gasteiger partial charge < -0.3 is 29.4 Å². The molecule has 1 fully saturated rings. The van der Waals surface area contributed by atoms with Crippen LogP contribution in [0.1, 0.15) is 0 Å². The maximum absolute atomic E-state index is 12.2. The van der Waals surface area contributed by atoms with Gasteiger partial charge in [-0.25, -0.2) is 4.79 Å². The lowest BCUT2D eigenvalue weighted by molar-refractivity contribution is 0.0365. The fourth-order valence-electron chi connectivity index (χ4n) is 3.79. The van der Waals surface area contributed by atoms with Crippen LogP contribution >= 0.6 is 0 Å². The van der Waals surface area contributed by atoms with Crippen molar-refractivity contribution in [1.29, 1.82) is 0 Å². The van der Waals surface area contributed by atoms with Crippen molar-refractivity contribution in [3.63, 3.8) is 0 Å². The molecule has 0 atom stereocenters. The number of benzene rings is 2. The molecule has 0 bridgehead atoms. The van der Waals surface area contributed by atoms with Crippen molar-refractivity contribution < 1.29 is 19.0 Å².